The minimum Gasteiger partial charge on any atom is -0.447 e. The van der Waals surface area contributed by atoms with E-state index in [1.807, 2.05) is 6.92 Å². The molecule has 0 aromatic rings. The summed E-state index contributed by atoms with van der Waals surface area (Å²) in [5, 5.41) is 7.88. The second-order valence-electron chi connectivity index (χ2n) is 1.56. The SMILES string of the molecule is C=CC(=O)OCN.CCCO. The van der Waals surface area contributed by atoms with Crippen LogP contribution >= 0.6 is 0 Å². The summed E-state index contributed by atoms with van der Waals surface area (Å²) >= 11 is 0. The predicted molar refractivity (Wildman–Crippen MR) is 42.7 cm³/mol. The van der Waals surface area contributed by atoms with Crippen LogP contribution in [0.15, 0.2) is 12.7 Å². The van der Waals surface area contributed by atoms with Gasteiger partial charge in [-0.15, -0.1) is 0 Å². The molecule has 0 aliphatic rings. The molecule has 0 rings (SSSR count). The van der Waals surface area contributed by atoms with Crippen molar-refractivity contribution in [2.75, 3.05) is 13.3 Å². The van der Waals surface area contributed by atoms with E-state index in [1.165, 1.54) is 0 Å². The summed E-state index contributed by atoms with van der Waals surface area (Å²) in [6.45, 7) is 5.32. The van der Waals surface area contributed by atoms with Gasteiger partial charge in [-0.3, -0.25) is 5.73 Å². The summed E-state index contributed by atoms with van der Waals surface area (Å²) in [7, 11) is 0. The molecule has 0 amide bonds. The van der Waals surface area contributed by atoms with E-state index in [-0.39, 0.29) is 6.73 Å². The van der Waals surface area contributed by atoms with Gasteiger partial charge in [0.05, 0.1) is 0 Å². The summed E-state index contributed by atoms with van der Waals surface area (Å²) < 4.78 is 4.21. The van der Waals surface area contributed by atoms with E-state index in [0.717, 1.165) is 12.5 Å². The molecular weight excluding hydrogens is 146 g/mol. The van der Waals surface area contributed by atoms with Gasteiger partial charge in [0.1, 0.15) is 6.73 Å². The molecule has 0 spiro atoms. The third-order valence-corrected chi connectivity index (χ3v) is 0.616. The van der Waals surface area contributed by atoms with Crippen molar-refractivity contribution in [3.05, 3.63) is 12.7 Å². The molecule has 0 unspecified atom stereocenters. The molecule has 3 N–H and O–H groups in total. The van der Waals surface area contributed by atoms with Gasteiger partial charge in [-0.25, -0.2) is 4.79 Å². The maximum atomic E-state index is 9.99. The lowest BCUT2D eigenvalue weighted by molar-refractivity contribution is -0.137. The van der Waals surface area contributed by atoms with Gasteiger partial charge in [0.25, 0.3) is 0 Å². The Morgan fingerprint density at radius 1 is 1.82 bits per heavy atom. The predicted octanol–water partition coefficient (Wildman–Crippen LogP) is 0.0205. The van der Waals surface area contributed by atoms with Gasteiger partial charge in [0.2, 0.25) is 0 Å². The molecule has 0 atom stereocenters. The first-order valence-electron chi connectivity index (χ1n) is 3.33. The van der Waals surface area contributed by atoms with Gasteiger partial charge in [-0.1, -0.05) is 13.5 Å². The molecule has 4 heteroatoms. The number of nitrogens with two attached hydrogens (primary N) is 1. The minimum atomic E-state index is -0.484. The molecule has 0 aliphatic heterocycles. The fourth-order valence-electron chi connectivity index (χ4n) is 0.141. The van der Waals surface area contributed by atoms with Crippen molar-refractivity contribution in [2.24, 2.45) is 5.73 Å². The fourth-order valence-corrected chi connectivity index (χ4v) is 0.141. The van der Waals surface area contributed by atoms with Crippen molar-refractivity contribution in [2.45, 2.75) is 13.3 Å². The van der Waals surface area contributed by atoms with Gasteiger partial charge in [0.15, 0.2) is 0 Å². The first kappa shape index (κ1) is 12.8. The lowest BCUT2D eigenvalue weighted by Crippen LogP contribution is -2.08. The molecule has 0 heterocycles. The summed E-state index contributed by atoms with van der Waals surface area (Å²) in [4.78, 5) is 9.99. The Morgan fingerprint density at radius 3 is 2.36 bits per heavy atom. The molecule has 0 aromatic carbocycles. The third-order valence-electron chi connectivity index (χ3n) is 0.616. The summed E-state index contributed by atoms with van der Waals surface area (Å²) in [6, 6.07) is 0. The topological polar surface area (TPSA) is 72.5 Å². The highest BCUT2D eigenvalue weighted by molar-refractivity contribution is 5.81. The highest BCUT2D eigenvalue weighted by Crippen LogP contribution is 1.70. The fraction of sp³-hybridized carbons (Fsp3) is 0.571. The Morgan fingerprint density at radius 2 is 2.27 bits per heavy atom. The molecule has 4 nitrogen and oxygen atoms in total. The number of hydrogen-bond donors (Lipinski definition) is 2. The van der Waals surface area contributed by atoms with Gasteiger partial charge in [-0.2, -0.15) is 0 Å². The summed E-state index contributed by atoms with van der Waals surface area (Å²) in [5.41, 5.74) is 4.81. The van der Waals surface area contributed by atoms with Crippen LogP contribution in [-0.2, 0) is 9.53 Å². The van der Waals surface area contributed by atoms with Crippen LogP contribution in [0.4, 0.5) is 0 Å². The molecule has 66 valence electrons. The van der Waals surface area contributed by atoms with Crippen molar-refractivity contribution < 1.29 is 14.6 Å². The van der Waals surface area contributed by atoms with E-state index in [2.05, 4.69) is 11.3 Å². The van der Waals surface area contributed by atoms with Crippen LogP contribution in [0.1, 0.15) is 13.3 Å². The molecule has 11 heavy (non-hydrogen) atoms. The first-order chi connectivity index (χ1) is 5.22. The van der Waals surface area contributed by atoms with Crippen LogP contribution < -0.4 is 5.73 Å². The molecule has 0 bridgehead atoms. The van der Waals surface area contributed by atoms with Crippen molar-refractivity contribution in [1.82, 2.24) is 0 Å². The lowest BCUT2D eigenvalue weighted by atomic mass is 10.5. The van der Waals surface area contributed by atoms with E-state index in [1.54, 1.807) is 0 Å². The number of carbonyl (C=O) groups is 1. The second-order valence-corrected chi connectivity index (χ2v) is 1.56. The quantitative estimate of drug-likeness (QED) is 0.348. The largest absolute Gasteiger partial charge is 0.447 e. The molecule has 0 aromatic heterocycles. The molecule has 0 saturated carbocycles. The van der Waals surface area contributed by atoms with E-state index in [9.17, 15) is 4.79 Å². The molecule has 0 saturated heterocycles. The zero-order valence-electron chi connectivity index (χ0n) is 6.75. The number of aliphatic hydroxyl groups is 1. The van der Waals surface area contributed by atoms with Crippen LogP contribution in [0.25, 0.3) is 0 Å². The van der Waals surface area contributed by atoms with Crippen LogP contribution in [0.5, 0.6) is 0 Å². The Balaban J connectivity index is 0. The van der Waals surface area contributed by atoms with E-state index >= 15 is 0 Å². The average Bonchev–Trinajstić information content (AvgIpc) is 2.05. The van der Waals surface area contributed by atoms with E-state index in [4.69, 9.17) is 10.8 Å². The summed E-state index contributed by atoms with van der Waals surface area (Å²) in [6.07, 6.45) is 1.94. The molecule has 0 radical (unpaired) electrons. The summed E-state index contributed by atoms with van der Waals surface area (Å²) in [5.74, 6) is -0.484. The lowest BCUT2D eigenvalue weighted by Gasteiger charge is -1.90. The van der Waals surface area contributed by atoms with Gasteiger partial charge in [-0.05, 0) is 6.42 Å². The Kier molecular flexibility index (Phi) is 13.8. The Labute approximate surface area is 66.7 Å². The van der Waals surface area contributed by atoms with Crippen LogP contribution in [-0.4, -0.2) is 24.4 Å². The van der Waals surface area contributed by atoms with Crippen molar-refractivity contribution >= 4 is 5.97 Å². The van der Waals surface area contributed by atoms with Crippen molar-refractivity contribution in [3.63, 3.8) is 0 Å². The van der Waals surface area contributed by atoms with Crippen LogP contribution in [0.2, 0.25) is 0 Å². The van der Waals surface area contributed by atoms with Gasteiger partial charge in [0, 0.05) is 12.7 Å². The zero-order chi connectivity index (χ0) is 9.11. The third kappa shape index (κ3) is 17.6. The minimum absolute atomic E-state index is 0.0785. The highest BCUT2D eigenvalue weighted by atomic mass is 16.5. The normalized spacial score (nSPS) is 7.55. The number of hydrogen-bond acceptors (Lipinski definition) is 4. The zero-order valence-corrected chi connectivity index (χ0v) is 6.75. The average molecular weight is 161 g/mol. The number of carbonyl (C=O) groups excluding carboxylic acids is 1. The van der Waals surface area contributed by atoms with Gasteiger partial charge >= 0.3 is 5.97 Å². The molecule has 0 fully saturated rings. The standard InChI is InChI=1S/C4H7NO2.C3H8O/c1-2-4(6)7-3-5;1-2-3-4/h2H,1,3,5H2;4H,2-3H2,1H3. The van der Waals surface area contributed by atoms with E-state index < -0.39 is 5.97 Å². The van der Waals surface area contributed by atoms with Gasteiger partial charge < -0.3 is 9.84 Å². The highest BCUT2D eigenvalue weighted by Gasteiger charge is 1.86. The van der Waals surface area contributed by atoms with Crippen molar-refractivity contribution in [3.8, 4) is 0 Å². The second kappa shape index (κ2) is 11.9. The number of rotatable bonds is 3. The number of aliphatic hydroxyl groups excluding tert-OH is 1. The van der Waals surface area contributed by atoms with E-state index in [0.29, 0.717) is 6.61 Å². The maximum absolute atomic E-state index is 9.99. The molecular formula is C7H15NO3. The Bertz CT molecular complexity index is 102. The Hall–Kier alpha value is -0.870. The smallest absolute Gasteiger partial charge is 0.331 e. The van der Waals surface area contributed by atoms with Crippen LogP contribution in [0, 0.1) is 0 Å². The first-order valence-corrected chi connectivity index (χ1v) is 3.33. The molecule has 0 aliphatic carbocycles. The number of ether oxygens (including phenoxy) is 1. The van der Waals surface area contributed by atoms with Crippen LogP contribution in [0.3, 0.4) is 0 Å². The van der Waals surface area contributed by atoms with Crippen molar-refractivity contribution in [1.29, 1.82) is 0 Å². The monoisotopic (exact) mass is 161 g/mol. The number of esters is 1. The maximum Gasteiger partial charge on any atom is 0.331 e.